The fraction of sp³-hybridized carbons (Fsp3) is 0.900. The number of esters is 1. The average Bonchev–Trinajstić information content (AvgIpc) is 2.62. The van der Waals surface area contributed by atoms with Crippen LogP contribution < -0.4 is 0 Å². The summed E-state index contributed by atoms with van der Waals surface area (Å²) in [6, 6.07) is 0. The van der Waals surface area contributed by atoms with Crippen molar-refractivity contribution in [3.05, 3.63) is 0 Å². The van der Waals surface area contributed by atoms with Crippen molar-refractivity contribution in [2.24, 2.45) is 5.41 Å². The smallest absolute Gasteiger partial charge is 0.302 e. The van der Waals surface area contributed by atoms with Crippen LogP contribution in [0.5, 0.6) is 0 Å². The van der Waals surface area contributed by atoms with Gasteiger partial charge in [-0.2, -0.15) is 0 Å². The van der Waals surface area contributed by atoms with E-state index in [1.807, 2.05) is 0 Å². The van der Waals surface area contributed by atoms with Gasteiger partial charge in [0, 0.05) is 6.92 Å². The molecule has 76 valence electrons. The third kappa shape index (κ3) is 3.77. The lowest BCUT2D eigenvalue weighted by Crippen LogP contribution is -2.41. The molecule has 1 aliphatic rings. The van der Waals surface area contributed by atoms with E-state index in [0.717, 1.165) is 11.0 Å². The molecular weight excluding hydrogens is 166 g/mol. The predicted octanol–water partition coefficient (Wildman–Crippen LogP) is 1.04. The van der Waals surface area contributed by atoms with E-state index in [1.54, 1.807) is 0 Å². The highest BCUT2D eigenvalue weighted by Gasteiger charge is 2.48. The Hall–Kier alpha value is -0.570. The first-order chi connectivity index (χ1) is 5.83. The highest BCUT2D eigenvalue weighted by atomic mass is 16.5. The van der Waals surface area contributed by atoms with E-state index in [9.17, 15) is 4.79 Å². The normalized spacial score (nSPS) is 19.7. The third-order valence-electron chi connectivity index (χ3n) is 2.35. The summed E-state index contributed by atoms with van der Waals surface area (Å²) in [6.07, 6.45) is 2.41. The topological polar surface area (TPSA) is 26.3 Å². The Bertz CT molecular complexity index is 201. The molecule has 0 saturated heterocycles. The van der Waals surface area contributed by atoms with E-state index in [0.29, 0.717) is 12.0 Å². The number of carbonyl (C=O) groups excluding carboxylic acids is 1. The number of hydrogen-bond acceptors (Lipinski definition) is 2. The number of hydrogen-bond donors (Lipinski definition) is 0. The van der Waals surface area contributed by atoms with Crippen molar-refractivity contribution in [3.63, 3.8) is 0 Å². The third-order valence-corrected chi connectivity index (χ3v) is 2.35. The van der Waals surface area contributed by atoms with Crippen LogP contribution in [0.25, 0.3) is 0 Å². The molecular formula is C10H20NO2+. The summed E-state index contributed by atoms with van der Waals surface area (Å²) in [6.45, 7) is 3.18. The van der Waals surface area contributed by atoms with Crippen LogP contribution in [-0.4, -0.2) is 44.7 Å². The van der Waals surface area contributed by atoms with Gasteiger partial charge in [-0.25, -0.2) is 0 Å². The zero-order valence-corrected chi connectivity index (χ0v) is 9.09. The van der Waals surface area contributed by atoms with Crippen molar-refractivity contribution in [3.8, 4) is 0 Å². The molecule has 3 nitrogen and oxygen atoms in total. The Kier molecular flexibility index (Phi) is 2.66. The molecule has 1 saturated carbocycles. The summed E-state index contributed by atoms with van der Waals surface area (Å²) in [4.78, 5) is 10.7. The first-order valence-corrected chi connectivity index (χ1v) is 4.77. The fourth-order valence-electron chi connectivity index (χ4n) is 1.79. The Balaban J connectivity index is 2.35. The second kappa shape index (κ2) is 3.29. The maximum atomic E-state index is 10.7. The van der Waals surface area contributed by atoms with Gasteiger partial charge < -0.3 is 9.22 Å². The SMILES string of the molecule is CC(=O)OCC1(C[N+](C)(C)C)CC1. The molecule has 0 aliphatic heterocycles. The van der Waals surface area contributed by atoms with Crippen LogP contribution in [0.2, 0.25) is 0 Å². The maximum absolute atomic E-state index is 10.7. The van der Waals surface area contributed by atoms with Crippen molar-refractivity contribution >= 4 is 5.97 Å². The first-order valence-electron chi connectivity index (χ1n) is 4.77. The van der Waals surface area contributed by atoms with Gasteiger partial charge >= 0.3 is 5.97 Å². The molecule has 0 atom stereocenters. The highest BCUT2D eigenvalue weighted by molar-refractivity contribution is 5.65. The molecule has 0 spiro atoms. The first kappa shape index (κ1) is 10.5. The van der Waals surface area contributed by atoms with Crippen LogP contribution in [0.1, 0.15) is 19.8 Å². The molecule has 1 rings (SSSR count). The summed E-state index contributed by atoms with van der Waals surface area (Å²) >= 11 is 0. The van der Waals surface area contributed by atoms with E-state index >= 15 is 0 Å². The van der Waals surface area contributed by atoms with E-state index in [1.165, 1.54) is 19.8 Å². The molecule has 1 aliphatic carbocycles. The largest absolute Gasteiger partial charge is 0.465 e. The highest BCUT2D eigenvalue weighted by Crippen LogP contribution is 2.46. The average molecular weight is 186 g/mol. The number of rotatable bonds is 4. The quantitative estimate of drug-likeness (QED) is 0.484. The Morgan fingerprint density at radius 2 is 1.92 bits per heavy atom. The van der Waals surface area contributed by atoms with E-state index in [2.05, 4.69) is 21.1 Å². The van der Waals surface area contributed by atoms with Crippen LogP contribution in [-0.2, 0) is 9.53 Å². The molecule has 0 radical (unpaired) electrons. The van der Waals surface area contributed by atoms with Gasteiger partial charge in [0.1, 0.15) is 6.61 Å². The Morgan fingerprint density at radius 1 is 1.38 bits per heavy atom. The van der Waals surface area contributed by atoms with E-state index in [-0.39, 0.29) is 5.97 Å². The van der Waals surface area contributed by atoms with Gasteiger partial charge in [0.25, 0.3) is 0 Å². The minimum Gasteiger partial charge on any atom is -0.465 e. The number of ether oxygens (including phenoxy) is 1. The van der Waals surface area contributed by atoms with Gasteiger partial charge in [-0.3, -0.25) is 4.79 Å². The minimum absolute atomic E-state index is 0.160. The summed E-state index contributed by atoms with van der Waals surface area (Å²) in [5.74, 6) is -0.160. The Labute approximate surface area is 80.3 Å². The standard InChI is InChI=1S/C10H20NO2/c1-9(12)13-8-10(5-6-10)7-11(2,3)4/h5-8H2,1-4H3/q+1. The molecule has 0 bridgehead atoms. The van der Waals surface area contributed by atoms with Crippen LogP contribution in [0.15, 0.2) is 0 Å². The second-order valence-corrected chi connectivity index (χ2v) is 5.23. The Morgan fingerprint density at radius 3 is 2.23 bits per heavy atom. The molecule has 0 aromatic carbocycles. The van der Waals surface area contributed by atoms with Crippen LogP contribution in [0, 0.1) is 5.41 Å². The predicted molar refractivity (Wildman–Crippen MR) is 51.2 cm³/mol. The van der Waals surface area contributed by atoms with Crippen molar-refractivity contribution < 1.29 is 14.0 Å². The maximum Gasteiger partial charge on any atom is 0.302 e. The summed E-state index contributed by atoms with van der Waals surface area (Å²) in [7, 11) is 6.52. The van der Waals surface area contributed by atoms with Gasteiger partial charge in [-0.1, -0.05) is 0 Å². The molecule has 0 heterocycles. The van der Waals surface area contributed by atoms with Crippen LogP contribution in [0.3, 0.4) is 0 Å². The summed E-state index contributed by atoms with van der Waals surface area (Å²) in [5, 5.41) is 0. The molecule has 3 heteroatoms. The fourth-order valence-corrected chi connectivity index (χ4v) is 1.79. The monoisotopic (exact) mass is 186 g/mol. The van der Waals surface area contributed by atoms with Gasteiger partial charge in [-0.15, -0.1) is 0 Å². The summed E-state index contributed by atoms with van der Waals surface area (Å²) < 4.78 is 6.01. The molecule has 0 aromatic heterocycles. The molecule has 1 fully saturated rings. The lowest BCUT2D eigenvalue weighted by molar-refractivity contribution is -0.875. The molecule has 13 heavy (non-hydrogen) atoms. The van der Waals surface area contributed by atoms with Crippen molar-refractivity contribution in [2.45, 2.75) is 19.8 Å². The number of nitrogens with zero attached hydrogens (tertiary/aromatic N) is 1. The van der Waals surface area contributed by atoms with E-state index < -0.39 is 0 Å². The molecule has 0 aromatic rings. The zero-order chi connectivity index (χ0) is 10.1. The molecule has 0 N–H and O–H groups in total. The van der Waals surface area contributed by atoms with Gasteiger partial charge in [-0.05, 0) is 12.8 Å². The minimum atomic E-state index is -0.160. The lowest BCUT2D eigenvalue weighted by Gasteiger charge is -2.28. The van der Waals surface area contributed by atoms with Gasteiger partial charge in [0.05, 0.1) is 33.1 Å². The molecule has 0 unspecified atom stereocenters. The second-order valence-electron chi connectivity index (χ2n) is 5.23. The van der Waals surface area contributed by atoms with E-state index in [4.69, 9.17) is 4.74 Å². The van der Waals surface area contributed by atoms with Crippen molar-refractivity contribution in [1.29, 1.82) is 0 Å². The van der Waals surface area contributed by atoms with Gasteiger partial charge in [0.2, 0.25) is 0 Å². The number of carbonyl (C=O) groups is 1. The molecule has 0 amide bonds. The zero-order valence-electron chi connectivity index (χ0n) is 9.09. The van der Waals surface area contributed by atoms with Crippen molar-refractivity contribution in [1.82, 2.24) is 0 Å². The number of quaternary nitrogens is 1. The van der Waals surface area contributed by atoms with Gasteiger partial charge in [0.15, 0.2) is 0 Å². The van der Waals surface area contributed by atoms with Crippen LogP contribution in [0.4, 0.5) is 0 Å². The van der Waals surface area contributed by atoms with Crippen LogP contribution >= 0.6 is 0 Å². The summed E-state index contributed by atoms with van der Waals surface area (Å²) in [5.41, 5.74) is 0.296. The van der Waals surface area contributed by atoms with Crippen molar-refractivity contribution in [2.75, 3.05) is 34.3 Å². The lowest BCUT2D eigenvalue weighted by atomic mass is 10.1.